The van der Waals surface area contributed by atoms with E-state index in [9.17, 15) is 9.70 Å². The Morgan fingerprint density at radius 1 is 1.23 bits per heavy atom. The van der Waals surface area contributed by atoms with Crippen molar-refractivity contribution in [1.29, 1.82) is 0 Å². The number of aromatic nitrogens is 4. The molecule has 1 amide bonds. The van der Waals surface area contributed by atoms with Crippen LogP contribution in [0.25, 0.3) is 11.1 Å². The lowest BCUT2D eigenvalue weighted by Gasteiger charge is -2.15. The lowest BCUT2D eigenvalue weighted by molar-refractivity contribution is 0.101. The molecule has 2 aliphatic rings. The number of hydrogen-bond acceptors (Lipinski definition) is 7. The van der Waals surface area contributed by atoms with E-state index in [1.807, 2.05) is 55.8 Å². The van der Waals surface area contributed by atoms with Gasteiger partial charge in [0, 0.05) is 12.6 Å². The zero-order valence-electron chi connectivity index (χ0n) is 22.7. The maximum Gasteiger partial charge on any atom is 0.296 e. The van der Waals surface area contributed by atoms with E-state index in [1.54, 1.807) is 6.20 Å². The van der Waals surface area contributed by atoms with E-state index >= 15 is 0 Å². The molecule has 5 rings (SSSR count). The predicted molar refractivity (Wildman–Crippen MR) is 151 cm³/mol. The largest absolute Gasteiger partial charge is 0.494 e. The molecule has 1 atom stereocenters. The second kappa shape index (κ2) is 11.3. The van der Waals surface area contributed by atoms with Crippen molar-refractivity contribution < 1.29 is 9.53 Å². The Kier molecular flexibility index (Phi) is 7.67. The lowest BCUT2D eigenvalue weighted by Crippen LogP contribution is -2.16. The first-order valence-electron chi connectivity index (χ1n) is 13.5. The predicted octanol–water partition coefficient (Wildman–Crippen LogP) is 6.37. The van der Waals surface area contributed by atoms with Gasteiger partial charge in [-0.15, -0.1) is 5.10 Å². The lowest BCUT2D eigenvalue weighted by atomic mass is 9.99. The molecule has 1 aromatic carbocycles. The third-order valence-electron chi connectivity index (χ3n) is 7.22. The maximum atomic E-state index is 13.0. The number of carbonyl (C=O) groups is 1. The number of allylic oxidation sites excluding steroid dienone is 4. The van der Waals surface area contributed by atoms with E-state index in [-0.39, 0.29) is 17.8 Å². The molecule has 0 fully saturated rings. The molecule has 202 valence electrons. The summed E-state index contributed by atoms with van der Waals surface area (Å²) in [6, 6.07) is 9.80. The van der Waals surface area contributed by atoms with Gasteiger partial charge in [0.1, 0.15) is 17.4 Å². The van der Waals surface area contributed by atoms with Crippen molar-refractivity contribution in [2.45, 2.75) is 70.9 Å². The summed E-state index contributed by atoms with van der Waals surface area (Å²) >= 11 is 0. The molecule has 1 unspecified atom stereocenters. The van der Waals surface area contributed by atoms with Gasteiger partial charge >= 0.3 is 0 Å². The topological polar surface area (TPSA) is 111 Å². The molecule has 9 heteroatoms. The van der Waals surface area contributed by atoms with E-state index in [2.05, 4.69) is 43.8 Å². The van der Waals surface area contributed by atoms with Crippen LogP contribution in [0.5, 0.6) is 5.75 Å². The monoisotopic (exact) mass is 526 g/mol. The molecule has 2 aromatic heterocycles. The van der Waals surface area contributed by atoms with Crippen molar-refractivity contribution in [3.63, 3.8) is 0 Å². The summed E-state index contributed by atoms with van der Waals surface area (Å²) in [5.74, 6) is 1.78. The molecule has 0 saturated heterocycles. The molecular weight excluding hydrogens is 492 g/mol. The molecule has 3 aromatic rings. The van der Waals surface area contributed by atoms with Crippen molar-refractivity contribution in [2.24, 2.45) is 5.18 Å². The van der Waals surface area contributed by atoms with Crippen LogP contribution in [0, 0.1) is 11.8 Å². The number of benzene rings is 1. The van der Waals surface area contributed by atoms with Crippen LogP contribution in [0.2, 0.25) is 0 Å². The van der Waals surface area contributed by atoms with Gasteiger partial charge in [-0.1, -0.05) is 29.5 Å². The SMILES string of the molecule is Cc1ccc(OCCCC(C)(C)N=O)cc1-c1ccnc(NC(=O)c2nc3n(n2)C(C2=CCCC=C2)CC3)c1. The van der Waals surface area contributed by atoms with Gasteiger partial charge in [0.25, 0.3) is 5.91 Å². The first-order chi connectivity index (χ1) is 18.8. The Bertz CT molecular complexity index is 1440. The number of nitrogens with one attached hydrogen (secondary N) is 1. The average Bonchev–Trinajstić information content (AvgIpc) is 3.54. The van der Waals surface area contributed by atoms with Gasteiger partial charge in [-0.05, 0) is 99.4 Å². The smallest absolute Gasteiger partial charge is 0.296 e. The van der Waals surface area contributed by atoms with Crippen LogP contribution < -0.4 is 10.1 Å². The molecule has 0 radical (unpaired) electrons. The van der Waals surface area contributed by atoms with E-state index in [1.165, 1.54) is 5.57 Å². The van der Waals surface area contributed by atoms with Gasteiger partial charge in [0.2, 0.25) is 5.82 Å². The highest BCUT2D eigenvalue weighted by Crippen LogP contribution is 2.33. The molecule has 1 N–H and O–H groups in total. The fraction of sp³-hybridized carbons (Fsp3) is 0.400. The first-order valence-corrected chi connectivity index (χ1v) is 13.5. The number of pyridine rings is 1. The highest BCUT2D eigenvalue weighted by Gasteiger charge is 2.29. The van der Waals surface area contributed by atoms with E-state index in [0.29, 0.717) is 18.8 Å². The van der Waals surface area contributed by atoms with Gasteiger partial charge in [-0.3, -0.25) is 4.79 Å². The molecule has 39 heavy (non-hydrogen) atoms. The van der Waals surface area contributed by atoms with Crippen LogP contribution in [0.1, 0.15) is 74.0 Å². The minimum atomic E-state index is -0.585. The second-order valence-electron chi connectivity index (χ2n) is 10.8. The van der Waals surface area contributed by atoms with Gasteiger partial charge in [-0.25, -0.2) is 14.6 Å². The number of fused-ring (bicyclic) bond motifs is 1. The minimum absolute atomic E-state index is 0.137. The minimum Gasteiger partial charge on any atom is -0.494 e. The summed E-state index contributed by atoms with van der Waals surface area (Å²) in [4.78, 5) is 32.8. The number of anilines is 1. The summed E-state index contributed by atoms with van der Waals surface area (Å²) in [5.41, 5.74) is 3.62. The highest BCUT2D eigenvalue weighted by atomic mass is 16.5. The number of nitrogens with zero attached hydrogens (tertiary/aromatic N) is 5. The van der Waals surface area contributed by atoms with Crippen LogP contribution in [0.4, 0.5) is 5.82 Å². The number of ether oxygens (including phenoxy) is 1. The molecule has 0 saturated carbocycles. The summed E-state index contributed by atoms with van der Waals surface area (Å²) in [6.07, 6.45) is 13.5. The van der Waals surface area contributed by atoms with Gasteiger partial charge in [-0.2, -0.15) is 4.91 Å². The van der Waals surface area contributed by atoms with Crippen LogP contribution in [0.3, 0.4) is 0 Å². The second-order valence-corrected chi connectivity index (χ2v) is 10.8. The van der Waals surface area contributed by atoms with E-state index < -0.39 is 5.54 Å². The van der Waals surface area contributed by atoms with Crippen molar-refractivity contribution in [3.8, 4) is 16.9 Å². The van der Waals surface area contributed by atoms with Crippen molar-refractivity contribution in [2.75, 3.05) is 11.9 Å². The summed E-state index contributed by atoms with van der Waals surface area (Å²) < 4.78 is 7.84. The summed E-state index contributed by atoms with van der Waals surface area (Å²) in [5, 5.41) is 10.6. The standard InChI is InChI=1S/C30H34N6O3/c1-20-10-11-23(39-17-7-15-30(2,3)35-38)19-24(20)22-14-16-31-26(18-22)32-29(37)28-33-27-13-12-25(36(27)34-28)21-8-5-4-6-9-21/h5,8-11,14,16,18-19,25H,4,6-7,12-13,15,17H2,1-3H3,(H,31,32,37). The number of nitroso groups, excluding NO2 is 1. The number of aryl methyl sites for hydroxylation is 2. The molecule has 1 aliphatic carbocycles. The van der Waals surface area contributed by atoms with Gasteiger partial charge < -0.3 is 10.1 Å². The molecule has 0 bridgehead atoms. The Morgan fingerprint density at radius 2 is 2.10 bits per heavy atom. The number of rotatable bonds is 10. The quantitative estimate of drug-likeness (QED) is 0.243. The average molecular weight is 527 g/mol. The van der Waals surface area contributed by atoms with Crippen LogP contribution in [-0.4, -0.2) is 37.8 Å². The third kappa shape index (κ3) is 6.13. The van der Waals surface area contributed by atoms with Gasteiger partial charge in [0.15, 0.2) is 0 Å². The van der Waals surface area contributed by atoms with Crippen LogP contribution >= 0.6 is 0 Å². The van der Waals surface area contributed by atoms with Crippen molar-refractivity contribution in [1.82, 2.24) is 19.7 Å². The normalized spacial score (nSPS) is 16.5. The molecule has 9 nitrogen and oxygen atoms in total. The van der Waals surface area contributed by atoms with E-state index in [0.717, 1.165) is 60.4 Å². The number of amides is 1. The first kappa shape index (κ1) is 26.5. The Morgan fingerprint density at radius 3 is 2.90 bits per heavy atom. The molecule has 3 heterocycles. The zero-order chi connectivity index (χ0) is 27.4. The highest BCUT2D eigenvalue weighted by molar-refractivity contribution is 6.01. The van der Waals surface area contributed by atoms with Crippen molar-refractivity contribution >= 4 is 11.7 Å². The summed E-state index contributed by atoms with van der Waals surface area (Å²) in [6.45, 7) is 6.17. The molecular formula is C30H34N6O3. The zero-order valence-corrected chi connectivity index (χ0v) is 22.7. The Labute approximate surface area is 228 Å². The number of carbonyl (C=O) groups excluding carboxylic acids is 1. The van der Waals surface area contributed by atoms with Crippen LogP contribution in [-0.2, 0) is 6.42 Å². The van der Waals surface area contributed by atoms with E-state index in [4.69, 9.17) is 4.74 Å². The Balaban J connectivity index is 1.26. The van der Waals surface area contributed by atoms with Crippen molar-refractivity contribution in [3.05, 3.63) is 82.4 Å². The number of hydrogen-bond donors (Lipinski definition) is 1. The fourth-order valence-electron chi connectivity index (χ4n) is 5.03. The maximum absolute atomic E-state index is 13.0. The van der Waals surface area contributed by atoms with Crippen LogP contribution in [0.15, 0.2) is 65.5 Å². The molecule has 0 spiro atoms. The fourth-order valence-corrected chi connectivity index (χ4v) is 5.03. The molecule has 1 aliphatic heterocycles. The van der Waals surface area contributed by atoms with Gasteiger partial charge in [0.05, 0.1) is 18.2 Å². The Hall–Kier alpha value is -4.14. The third-order valence-corrected chi connectivity index (χ3v) is 7.22. The summed E-state index contributed by atoms with van der Waals surface area (Å²) in [7, 11) is 0.